The Kier molecular flexibility index (Phi) is 6.59. The van der Waals surface area contributed by atoms with Gasteiger partial charge in [0.15, 0.2) is 0 Å². The van der Waals surface area contributed by atoms with Crippen LogP contribution in [-0.4, -0.2) is 24.3 Å². The third-order valence-electron chi connectivity index (χ3n) is 3.89. The Labute approximate surface area is 171 Å². The molecule has 0 bridgehead atoms. The van der Waals surface area contributed by atoms with E-state index in [1.165, 1.54) is 11.3 Å². The molecule has 148 valence electrons. The molecular weight excluding hydrogens is 390 g/mol. The molecule has 3 amide bonds. The summed E-state index contributed by atoms with van der Waals surface area (Å²) in [5, 5.41) is 7.40. The number of hydrogen-bond acceptors (Lipinski definition) is 5. The number of primary amides is 1. The van der Waals surface area contributed by atoms with Gasteiger partial charge < -0.3 is 21.1 Å². The summed E-state index contributed by atoms with van der Waals surface area (Å²) in [7, 11) is 0. The minimum absolute atomic E-state index is 0.0843. The normalized spacial score (nSPS) is 10.2. The first kappa shape index (κ1) is 20.1. The molecule has 0 atom stereocenters. The maximum absolute atomic E-state index is 12.5. The van der Waals surface area contributed by atoms with Gasteiger partial charge in [0.1, 0.15) is 5.75 Å². The van der Waals surface area contributed by atoms with E-state index >= 15 is 0 Å². The molecule has 0 saturated carbocycles. The molecule has 29 heavy (non-hydrogen) atoms. The average Bonchev–Trinajstić information content (AvgIpc) is 3.24. The highest BCUT2D eigenvalue weighted by atomic mass is 32.1. The molecule has 7 nitrogen and oxygen atoms in total. The molecule has 0 unspecified atom stereocenters. The van der Waals surface area contributed by atoms with Crippen LogP contribution >= 0.6 is 11.3 Å². The first-order chi connectivity index (χ1) is 14.0. The van der Waals surface area contributed by atoms with Crippen LogP contribution in [0.2, 0.25) is 0 Å². The Morgan fingerprint density at radius 2 is 1.66 bits per heavy atom. The van der Waals surface area contributed by atoms with Crippen molar-refractivity contribution in [2.75, 3.05) is 17.2 Å². The SMILES string of the molecule is NC(=O)CCOc1ccccc1NC(=O)c1ccc(NC(=O)c2cccs2)cc1. The van der Waals surface area contributed by atoms with Gasteiger partial charge in [-0.2, -0.15) is 0 Å². The van der Waals surface area contributed by atoms with Crippen LogP contribution in [0.25, 0.3) is 0 Å². The third kappa shape index (κ3) is 5.66. The van der Waals surface area contributed by atoms with E-state index in [-0.39, 0.29) is 24.8 Å². The Bertz CT molecular complexity index is 1000. The lowest BCUT2D eigenvalue weighted by molar-refractivity contribution is -0.118. The molecule has 0 fully saturated rings. The second-order valence-electron chi connectivity index (χ2n) is 6.02. The minimum atomic E-state index is -0.460. The number of rotatable bonds is 8. The lowest BCUT2D eigenvalue weighted by Gasteiger charge is -2.12. The van der Waals surface area contributed by atoms with E-state index in [0.717, 1.165) is 0 Å². The van der Waals surface area contributed by atoms with Crippen molar-refractivity contribution in [2.45, 2.75) is 6.42 Å². The van der Waals surface area contributed by atoms with Crippen molar-refractivity contribution in [2.24, 2.45) is 5.73 Å². The highest BCUT2D eigenvalue weighted by Crippen LogP contribution is 2.25. The Hall–Kier alpha value is -3.65. The molecule has 3 rings (SSSR count). The lowest BCUT2D eigenvalue weighted by Crippen LogP contribution is -2.16. The van der Waals surface area contributed by atoms with Crippen molar-refractivity contribution in [3.63, 3.8) is 0 Å². The number of carbonyl (C=O) groups is 3. The van der Waals surface area contributed by atoms with Crippen LogP contribution in [0.3, 0.4) is 0 Å². The summed E-state index contributed by atoms with van der Waals surface area (Å²) in [4.78, 5) is 36.1. The molecule has 0 aliphatic carbocycles. The molecular formula is C21H19N3O4S. The molecule has 0 spiro atoms. The highest BCUT2D eigenvalue weighted by molar-refractivity contribution is 7.12. The molecule has 1 heterocycles. The van der Waals surface area contributed by atoms with Crippen LogP contribution in [-0.2, 0) is 4.79 Å². The van der Waals surface area contributed by atoms with Crippen LogP contribution in [0.1, 0.15) is 26.5 Å². The largest absolute Gasteiger partial charge is 0.491 e. The maximum atomic E-state index is 12.5. The summed E-state index contributed by atoms with van der Waals surface area (Å²) in [5.41, 5.74) is 6.61. The van der Waals surface area contributed by atoms with Gasteiger partial charge in [-0.05, 0) is 47.8 Å². The van der Waals surface area contributed by atoms with E-state index < -0.39 is 5.91 Å². The number of para-hydroxylation sites is 2. The van der Waals surface area contributed by atoms with Gasteiger partial charge in [-0.25, -0.2) is 0 Å². The standard InChI is InChI=1S/C21H19N3O4S/c22-19(25)11-12-28-17-5-2-1-4-16(17)24-20(26)14-7-9-15(10-8-14)23-21(27)18-6-3-13-29-18/h1-10,13H,11-12H2,(H2,22,25)(H,23,27)(H,24,26). The number of benzene rings is 2. The van der Waals surface area contributed by atoms with Crippen LogP contribution in [0.5, 0.6) is 5.75 Å². The Morgan fingerprint density at radius 1 is 0.897 bits per heavy atom. The number of thiophene rings is 1. The minimum Gasteiger partial charge on any atom is -0.491 e. The van der Waals surface area contributed by atoms with Gasteiger partial charge in [0.25, 0.3) is 11.8 Å². The van der Waals surface area contributed by atoms with Gasteiger partial charge in [0.05, 0.1) is 23.6 Å². The van der Waals surface area contributed by atoms with E-state index in [0.29, 0.717) is 27.6 Å². The van der Waals surface area contributed by atoms with Crippen LogP contribution < -0.4 is 21.1 Å². The fraction of sp³-hybridized carbons (Fsp3) is 0.0952. The third-order valence-corrected chi connectivity index (χ3v) is 4.76. The van der Waals surface area contributed by atoms with E-state index in [4.69, 9.17) is 10.5 Å². The zero-order valence-electron chi connectivity index (χ0n) is 15.4. The second-order valence-corrected chi connectivity index (χ2v) is 6.97. The molecule has 8 heteroatoms. The Balaban J connectivity index is 1.62. The number of ether oxygens (including phenoxy) is 1. The van der Waals surface area contributed by atoms with E-state index in [1.807, 2.05) is 11.4 Å². The van der Waals surface area contributed by atoms with Crippen molar-refractivity contribution < 1.29 is 19.1 Å². The first-order valence-corrected chi connectivity index (χ1v) is 9.67. The van der Waals surface area contributed by atoms with E-state index in [9.17, 15) is 14.4 Å². The van der Waals surface area contributed by atoms with Gasteiger partial charge in [0.2, 0.25) is 5.91 Å². The van der Waals surface area contributed by atoms with Gasteiger partial charge in [-0.1, -0.05) is 18.2 Å². The predicted molar refractivity (Wildman–Crippen MR) is 112 cm³/mol. The first-order valence-electron chi connectivity index (χ1n) is 8.79. The summed E-state index contributed by atoms with van der Waals surface area (Å²) < 4.78 is 5.52. The van der Waals surface area contributed by atoms with Crippen LogP contribution in [0.15, 0.2) is 66.0 Å². The molecule has 0 aliphatic heterocycles. The molecule has 2 aromatic carbocycles. The monoisotopic (exact) mass is 409 g/mol. The molecule has 3 aromatic rings. The van der Waals surface area contributed by atoms with Crippen molar-refractivity contribution in [3.8, 4) is 5.75 Å². The average molecular weight is 409 g/mol. The maximum Gasteiger partial charge on any atom is 0.265 e. The van der Waals surface area contributed by atoms with Crippen molar-refractivity contribution in [1.29, 1.82) is 0 Å². The smallest absolute Gasteiger partial charge is 0.265 e. The van der Waals surface area contributed by atoms with E-state index in [1.54, 1.807) is 54.6 Å². The number of anilines is 2. The van der Waals surface area contributed by atoms with Crippen LogP contribution in [0, 0.1) is 0 Å². The van der Waals surface area contributed by atoms with Gasteiger partial charge >= 0.3 is 0 Å². The zero-order valence-corrected chi connectivity index (χ0v) is 16.2. The predicted octanol–water partition coefficient (Wildman–Crippen LogP) is 3.51. The van der Waals surface area contributed by atoms with Gasteiger partial charge in [-0.3, -0.25) is 14.4 Å². The summed E-state index contributed by atoms with van der Waals surface area (Å²) in [6.45, 7) is 0.126. The lowest BCUT2D eigenvalue weighted by atomic mass is 10.2. The summed E-state index contributed by atoms with van der Waals surface area (Å²) in [5.74, 6) is -0.536. The van der Waals surface area contributed by atoms with Crippen molar-refractivity contribution in [1.82, 2.24) is 0 Å². The number of hydrogen-bond donors (Lipinski definition) is 3. The highest BCUT2D eigenvalue weighted by Gasteiger charge is 2.11. The number of nitrogens with two attached hydrogens (primary N) is 1. The Morgan fingerprint density at radius 3 is 2.34 bits per heavy atom. The number of carbonyl (C=O) groups excluding carboxylic acids is 3. The van der Waals surface area contributed by atoms with Crippen molar-refractivity contribution >= 4 is 40.4 Å². The van der Waals surface area contributed by atoms with Gasteiger partial charge in [0, 0.05) is 11.3 Å². The molecule has 0 saturated heterocycles. The summed E-state index contributed by atoms with van der Waals surface area (Å²) >= 11 is 1.35. The summed E-state index contributed by atoms with van der Waals surface area (Å²) in [6, 6.07) is 17.0. The zero-order chi connectivity index (χ0) is 20.6. The van der Waals surface area contributed by atoms with Crippen molar-refractivity contribution in [3.05, 3.63) is 76.5 Å². The molecule has 4 N–H and O–H groups in total. The number of amides is 3. The topological polar surface area (TPSA) is 111 Å². The van der Waals surface area contributed by atoms with E-state index in [2.05, 4.69) is 10.6 Å². The summed E-state index contributed by atoms with van der Waals surface area (Å²) in [6.07, 6.45) is 0.0843. The molecule has 1 aromatic heterocycles. The fourth-order valence-electron chi connectivity index (χ4n) is 2.46. The van der Waals surface area contributed by atoms with Gasteiger partial charge in [-0.15, -0.1) is 11.3 Å². The fourth-order valence-corrected chi connectivity index (χ4v) is 3.08. The molecule has 0 radical (unpaired) electrons. The molecule has 0 aliphatic rings. The second kappa shape index (κ2) is 9.52. The quantitative estimate of drug-likeness (QED) is 0.529. The van der Waals surface area contributed by atoms with Crippen LogP contribution in [0.4, 0.5) is 11.4 Å². The number of nitrogens with one attached hydrogen (secondary N) is 2.